The van der Waals surface area contributed by atoms with Gasteiger partial charge in [0.15, 0.2) is 0 Å². The Hall–Kier alpha value is -0.0800. The van der Waals surface area contributed by atoms with E-state index in [-0.39, 0.29) is 0 Å². The maximum atomic E-state index is 3.70. The highest BCUT2D eigenvalue weighted by Crippen LogP contribution is 2.31. The van der Waals surface area contributed by atoms with Crippen LogP contribution in [0.25, 0.3) is 0 Å². The summed E-state index contributed by atoms with van der Waals surface area (Å²) in [5.74, 6) is 0.825. The lowest BCUT2D eigenvalue weighted by Crippen LogP contribution is -2.47. The minimum atomic E-state index is 0.763. The van der Waals surface area contributed by atoms with Crippen LogP contribution >= 0.6 is 0 Å². The summed E-state index contributed by atoms with van der Waals surface area (Å²) < 4.78 is 0. The summed E-state index contributed by atoms with van der Waals surface area (Å²) in [7, 11) is 0. The van der Waals surface area contributed by atoms with Crippen LogP contribution in [-0.2, 0) is 0 Å². The Bertz CT molecular complexity index is 217. The van der Waals surface area contributed by atoms with Crippen LogP contribution in [0.4, 0.5) is 0 Å². The Morgan fingerprint density at radius 3 is 2.41 bits per heavy atom. The van der Waals surface area contributed by atoms with Gasteiger partial charge in [0, 0.05) is 24.7 Å². The van der Waals surface area contributed by atoms with E-state index in [4.69, 9.17) is 0 Å². The second kappa shape index (κ2) is 6.19. The van der Waals surface area contributed by atoms with Gasteiger partial charge in [-0.25, -0.2) is 0 Å². The van der Waals surface area contributed by atoms with Crippen LogP contribution in [-0.4, -0.2) is 36.1 Å². The molecule has 2 atom stereocenters. The SMILES string of the molecule is CC(C)CC(C)N(CC1CCCCN1)C1CC1. The summed E-state index contributed by atoms with van der Waals surface area (Å²) in [6.07, 6.45) is 8.42. The predicted molar refractivity (Wildman–Crippen MR) is 74.3 cm³/mol. The van der Waals surface area contributed by atoms with Gasteiger partial charge in [0.05, 0.1) is 0 Å². The molecule has 1 saturated carbocycles. The van der Waals surface area contributed by atoms with Crippen LogP contribution in [0.5, 0.6) is 0 Å². The molecule has 0 aromatic carbocycles. The fourth-order valence-electron chi connectivity index (χ4n) is 3.25. The molecule has 2 nitrogen and oxygen atoms in total. The summed E-state index contributed by atoms with van der Waals surface area (Å²) in [4.78, 5) is 2.79. The third-order valence-corrected chi connectivity index (χ3v) is 4.24. The molecule has 0 spiro atoms. The van der Waals surface area contributed by atoms with E-state index < -0.39 is 0 Å². The van der Waals surface area contributed by atoms with Crippen LogP contribution in [0, 0.1) is 5.92 Å². The Balaban J connectivity index is 1.83. The topological polar surface area (TPSA) is 15.3 Å². The third kappa shape index (κ3) is 4.26. The average Bonchev–Trinajstić information content (AvgIpc) is 3.10. The van der Waals surface area contributed by atoms with Crippen molar-refractivity contribution in [1.29, 1.82) is 0 Å². The van der Waals surface area contributed by atoms with E-state index >= 15 is 0 Å². The number of nitrogens with one attached hydrogen (secondary N) is 1. The van der Waals surface area contributed by atoms with Gasteiger partial charge >= 0.3 is 0 Å². The molecular weight excluding hydrogens is 208 g/mol. The highest BCUT2D eigenvalue weighted by atomic mass is 15.2. The van der Waals surface area contributed by atoms with Crippen LogP contribution in [0.15, 0.2) is 0 Å². The van der Waals surface area contributed by atoms with Crippen molar-refractivity contribution in [3.8, 4) is 0 Å². The predicted octanol–water partition coefficient (Wildman–Crippen LogP) is 3.03. The maximum absolute atomic E-state index is 3.70. The fourth-order valence-corrected chi connectivity index (χ4v) is 3.25. The molecule has 1 saturated heterocycles. The number of rotatable bonds is 6. The second-order valence-electron chi connectivity index (χ2n) is 6.55. The van der Waals surface area contributed by atoms with E-state index in [1.807, 2.05) is 0 Å². The van der Waals surface area contributed by atoms with Crippen molar-refractivity contribution in [2.45, 2.75) is 77.4 Å². The van der Waals surface area contributed by atoms with E-state index in [0.29, 0.717) is 0 Å². The van der Waals surface area contributed by atoms with Gasteiger partial charge in [-0.1, -0.05) is 20.3 Å². The molecule has 17 heavy (non-hydrogen) atoms. The van der Waals surface area contributed by atoms with Gasteiger partial charge < -0.3 is 5.32 Å². The van der Waals surface area contributed by atoms with E-state index in [9.17, 15) is 0 Å². The van der Waals surface area contributed by atoms with E-state index in [1.165, 1.54) is 51.6 Å². The molecule has 1 aliphatic carbocycles. The number of hydrogen-bond acceptors (Lipinski definition) is 2. The minimum Gasteiger partial charge on any atom is -0.313 e. The molecule has 2 rings (SSSR count). The minimum absolute atomic E-state index is 0.763. The molecule has 0 aromatic rings. The normalized spacial score (nSPS) is 27.7. The van der Waals surface area contributed by atoms with Gasteiger partial charge in [0.2, 0.25) is 0 Å². The van der Waals surface area contributed by atoms with Gasteiger partial charge in [-0.2, -0.15) is 0 Å². The lowest BCUT2D eigenvalue weighted by atomic mass is 10.0. The molecule has 0 bridgehead atoms. The lowest BCUT2D eigenvalue weighted by molar-refractivity contribution is 0.150. The molecule has 2 unspecified atom stereocenters. The Kier molecular flexibility index (Phi) is 4.87. The zero-order chi connectivity index (χ0) is 12.3. The fraction of sp³-hybridized carbons (Fsp3) is 1.00. The van der Waals surface area contributed by atoms with Crippen LogP contribution in [0.1, 0.15) is 59.3 Å². The smallest absolute Gasteiger partial charge is 0.0195 e. The molecular formula is C15H30N2. The highest BCUT2D eigenvalue weighted by molar-refractivity contribution is 4.90. The largest absolute Gasteiger partial charge is 0.313 e. The first-order valence-corrected chi connectivity index (χ1v) is 7.66. The molecule has 1 N–H and O–H groups in total. The summed E-state index contributed by atoms with van der Waals surface area (Å²) in [5, 5.41) is 3.70. The second-order valence-corrected chi connectivity index (χ2v) is 6.55. The molecule has 2 fully saturated rings. The monoisotopic (exact) mass is 238 g/mol. The number of hydrogen-bond donors (Lipinski definition) is 1. The molecule has 2 heteroatoms. The third-order valence-electron chi connectivity index (χ3n) is 4.24. The van der Waals surface area contributed by atoms with Gasteiger partial charge in [0.1, 0.15) is 0 Å². The van der Waals surface area contributed by atoms with Gasteiger partial charge in [-0.15, -0.1) is 0 Å². The number of piperidine rings is 1. The van der Waals surface area contributed by atoms with E-state index in [1.54, 1.807) is 0 Å². The van der Waals surface area contributed by atoms with Gasteiger partial charge in [-0.3, -0.25) is 4.90 Å². The van der Waals surface area contributed by atoms with Gasteiger partial charge in [0.25, 0.3) is 0 Å². The number of nitrogens with zero attached hydrogens (tertiary/aromatic N) is 1. The summed E-state index contributed by atoms with van der Waals surface area (Å²) in [6.45, 7) is 9.66. The van der Waals surface area contributed by atoms with Gasteiger partial charge in [-0.05, 0) is 51.5 Å². The highest BCUT2D eigenvalue weighted by Gasteiger charge is 2.33. The molecule has 0 aromatic heterocycles. The maximum Gasteiger partial charge on any atom is 0.0195 e. The zero-order valence-corrected chi connectivity index (χ0v) is 11.9. The summed E-state index contributed by atoms with van der Waals surface area (Å²) in [6, 6.07) is 2.44. The van der Waals surface area contributed by atoms with Crippen LogP contribution in [0.3, 0.4) is 0 Å². The Labute approximate surface area is 107 Å². The molecule has 0 amide bonds. The van der Waals surface area contributed by atoms with E-state index in [2.05, 4.69) is 31.0 Å². The average molecular weight is 238 g/mol. The van der Waals surface area contributed by atoms with Crippen molar-refractivity contribution in [3.05, 3.63) is 0 Å². The first-order chi connectivity index (χ1) is 8.16. The lowest BCUT2D eigenvalue weighted by Gasteiger charge is -2.35. The van der Waals surface area contributed by atoms with Crippen molar-refractivity contribution < 1.29 is 0 Å². The molecule has 100 valence electrons. The Morgan fingerprint density at radius 1 is 1.12 bits per heavy atom. The Morgan fingerprint density at radius 2 is 1.88 bits per heavy atom. The van der Waals surface area contributed by atoms with Crippen molar-refractivity contribution in [2.75, 3.05) is 13.1 Å². The van der Waals surface area contributed by atoms with Crippen LogP contribution in [0.2, 0.25) is 0 Å². The van der Waals surface area contributed by atoms with E-state index in [0.717, 1.165) is 24.0 Å². The van der Waals surface area contributed by atoms with Crippen molar-refractivity contribution in [1.82, 2.24) is 10.2 Å². The van der Waals surface area contributed by atoms with Crippen molar-refractivity contribution in [2.24, 2.45) is 5.92 Å². The molecule has 1 heterocycles. The first kappa shape index (κ1) is 13.4. The summed E-state index contributed by atoms with van der Waals surface area (Å²) >= 11 is 0. The quantitative estimate of drug-likeness (QED) is 0.765. The summed E-state index contributed by atoms with van der Waals surface area (Å²) in [5.41, 5.74) is 0. The molecule has 0 radical (unpaired) electrons. The zero-order valence-electron chi connectivity index (χ0n) is 11.9. The first-order valence-electron chi connectivity index (χ1n) is 7.66. The van der Waals surface area contributed by atoms with Crippen molar-refractivity contribution >= 4 is 0 Å². The standard InChI is InChI=1S/C15H30N2/c1-12(2)10-13(3)17(15-7-8-15)11-14-6-4-5-9-16-14/h12-16H,4-11H2,1-3H3. The van der Waals surface area contributed by atoms with Crippen LogP contribution < -0.4 is 5.32 Å². The molecule has 2 aliphatic rings. The molecule has 1 aliphatic heterocycles. The van der Waals surface area contributed by atoms with Crippen molar-refractivity contribution in [3.63, 3.8) is 0 Å².